The Bertz CT molecular complexity index is 583. The predicted octanol–water partition coefficient (Wildman–Crippen LogP) is 2.44. The first-order valence-corrected chi connectivity index (χ1v) is 10.2. The van der Waals surface area contributed by atoms with Gasteiger partial charge in [-0.05, 0) is 51.6 Å². The molecule has 0 aliphatic carbocycles. The average Bonchev–Trinajstić information content (AvgIpc) is 3.12. The third-order valence-corrected chi connectivity index (χ3v) is 4.93. The Hall–Kier alpha value is -1.50. The van der Waals surface area contributed by atoms with Crippen LogP contribution in [0.1, 0.15) is 19.8 Å². The van der Waals surface area contributed by atoms with Gasteiger partial charge >= 0.3 is 0 Å². The summed E-state index contributed by atoms with van der Waals surface area (Å²) in [7, 11) is 3.86. The van der Waals surface area contributed by atoms with E-state index in [1.54, 1.807) is 7.11 Å². The van der Waals surface area contributed by atoms with Crippen molar-refractivity contribution in [1.82, 2.24) is 15.5 Å². The molecule has 1 aliphatic heterocycles. The van der Waals surface area contributed by atoms with Gasteiger partial charge in [-0.1, -0.05) is 17.7 Å². The number of aliphatic imine (C=N–C) groups is 1. The lowest BCUT2D eigenvalue weighted by Gasteiger charge is -2.20. The van der Waals surface area contributed by atoms with Crippen molar-refractivity contribution in [2.75, 3.05) is 64.9 Å². The highest BCUT2D eigenvalue weighted by atomic mass is 35.5. The summed E-state index contributed by atoms with van der Waals surface area (Å²) >= 11 is 6.12. The molecule has 152 valence electrons. The second-order valence-electron chi connectivity index (χ2n) is 6.97. The van der Waals surface area contributed by atoms with E-state index in [1.165, 1.54) is 5.69 Å². The first-order chi connectivity index (χ1) is 13.1. The minimum absolute atomic E-state index is 0.395. The van der Waals surface area contributed by atoms with Crippen LogP contribution in [-0.2, 0) is 4.74 Å². The largest absolute Gasteiger partial charge is 0.383 e. The third-order valence-electron chi connectivity index (χ3n) is 4.69. The molecule has 1 aliphatic rings. The number of halogens is 1. The summed E-state index contributed by atoms with van der Waals surface area (Å²) < 4.78 is 5.11. The van der Waals surface area contributed by atoms with Gasteiger partial charge in [0, 0.05) is 56.6 Å². The number of hydrogen-bond donors (Lipinski definition) is 2. The molecule has 6 nitrogen and oxygen atoms in total. The molecule has 1 saturated heterocycles. The first kappa shape index (κ1) is 21.8. The van der Waals surface area contributed by atoms with E-state index in [9.17, 15) is 0 Å². The lowest BCUT2D eigenvalue weighted by atomic mass is 10.2. The number of nitrogens with one attached hydrogen (secondary N) is 2. The number of ether oxygens (including phenoxy) is 1. The van der Waals surface area contributed by atoms with Crippen LogP contribution in [0.4, 0.5) is 5.69 Å². The van der Waals surface area contributed by atoms with Gasteiger partial charge in [0.1, 0.15) is 0 Å². The van der Waals surface area contributed by atoms with Crippen LogP contribution in [0.3, 0.4) is 0 Å². The molecule has 27 heavy (non-hydrogen) atoms. The molecule has 1 heterocycles. The molecule has 1 atom stereocenters. The average molecular weight is 396 g/mol. The Labute approximate surface area is 168 Å². The van der Waals surface area contributed by atoms with Crippen molar-refractivity contribution in [3.8, 4) is 0 Å². The zero-order valence-electron chi connectivity index (χ0n) is 16.9. The van der Waals surface area contributed by atoms with Crippen LogP contribution in [0.15, 0.2) is 29.3 Å². The number of guanidine groups is 1. The molecule has 0 spiro atoms. The number of nitrogens with zero attached hydrogens (tertiary/aromatic N) is 3. The molecule has 2 rings (SSSR count). The van der Waals surface area contributed by atoms with Gasteiger partial charge in [0.2, 0.25) is 0 Å². The number of hydrogen-bond acceptors (Lipinski definition) is 4. The fraction of sp³-hybridized carbons (Fsp3) is 0.650. The number of methoxy groups -OCH3 is 1. The summed E-state index contributed by atoms with van der Waals surface area (Å²) in [5.41, 5.74) is 1.19. The van der Waals surface area contributed by atoms with Crippen LogP contribution in [0.25, 0.3) is 0 Å². The van der Waals surface area contributed by atoms with Crippen LogP contribution in [-0.4, -0.2) is 76.9 Å². The van der Waals surface area contributed by atoms with E-state index in [2.05, 4.69) is 40.5 Å². The van der Waals surface area contributed by atoms with E-state index in [4.69, 9.17) is 21.3 Å². The normalized spacial score (nSPS) is 17.6. The summed E-state index contributed by atoms with van der Waals surface area (Å²) in [5, 5.41) is 7.73. The van der Waals surface area contributed by atoms with Crippen molar-refractivity contribution in [3.05, 3.63) is 29.3 Å². The van der Waals surface area contributed by atoms with Gasteiger partial charge < -0.3 is 25.2 Å². The molecule has 7 heteroatoms. The molecular weight excluding hydrogens is 362 g/mol. The van der Waals surface area contributed by atoms with Gasteiger partial charge in [-0.25, -0.2) is 0 Å². The van der Waals surface area contributed by atoms with Crippen LogP contribution >= 0.6 is 11.6 Å². The molecule has 1 aromatic carbocycles. The highest BCUT2D eigenvalue weighted by Crippen LogP contribution is 2.23. The van der Waals surface area contributed by atoms with Gasteiger partial charge in [-0.2, -0.15) is 0 Å². The summed E-state index contributed by atoms with van der Waals surface area (Å²) in [6.07, 6.45) is 2.13. The number of likely N-dealkylation sites (N-methyl/N-ethyl adjacent to an activating group) is 1. The molecule has 1 aromatic rings. The Balaban J connectivity index is 1.78. The topological polar surface area (TPSA) is 52.1 Å². The van der Waals surface area contributed by atoms with E-state index in [0.717, 1.165) is 69.7 Å². The van der Waals surface area contributed by atoms with E-state index in [1.807, 2.05) is 18.2 Å². The van der Waals surface area contributed by atoms with Crippen LogP contribution < -0.4 is 15.5 Å². The summed E-state index contributed by atoms with van der Waals surface area (Å²) in [5.74, 6) is 0.912. The SMILES string of the molecule is CCNC(=NCCCN(C)CCOC)NC1CCN(c2cccc(Cl)c2)C1. The van der Waals surface area contributed by atoms with Gasteiger partial charge in [0.25, 0.3) is 0 Å². The second-order valence-corrected chi connectivity index (χ2v) is 7.40. The first-order valence-electron chi connectivity index (χ1n) is 9.85. The Morgan fingerprint density at radius 1 is 1.41 bits per heavy atom. The monoisotopic (exact) mass is 395 g/mol. The number of benzene rings is 1. The van der Waals surface area contributed by atoms with Crippen molar-refractivity contribution in [2.45, 2.75) is 25.8 Å². The number of rotatable bonds is 10. The summed E-state index contributed by atoms with van der Waals surface area (Å²) in [6, 6.07) is 8.47. The molecule has 0 saturated carbocycles. The minimum Gasteiger partial charge on any atom is -0.383 e. The second kappa shape index (κ2) is 12.1. The van der Waals surface area contributed by atoms with Gasteiger partial charge in [0.05, 0.1) is 6.61 Å². The highest BCUT2D eigenvalue weighted by molar-refractivity contribution is 6.30. The van der Waals surface area contributed by atoms with E-state index in [-0.39, 0.29) is 0 Å². The fourth-order valence-corrected chi connectivity index (χ4v) is 3.37. The van der Waals surface area contributed by atoms with E-state index in [0.29, 0.717) is 6.04 Å². The fourth-order valence-electron chi connectivity index (χ4n) is 3.19. The molecule has 1 unspecified atom stereocenters. The molecule has 0 bridgehead atoms. The molecule has 0 radical (unpaired) electrons. The molecule has 1 fully saturated rings. The zero-order valence-corrected chi connectivity index (χ0v) is 17.6. The minimum atomic E-state index is 0.395. The van der Waals surface area contributed by atoms with Crippen molar-refractivity contribution < 1.29 is 4.74 Å². The molecular formula is C20H34ClN5O. The van der Waals surface area contributed by atoms with Crippen LogP contribution in [0.5, 0.6) is 0 Å². The maximum atomic E-state index is 6.12. The maximum Gasteiger partial charge on any atom is 0.191 e. The Kier molecular flexibility index (Phi) is 9.73. The highest BCUT2D eigenvalue weighted by Gasteiger charge is 2.23. The van der Waals surface area contributed by atoms with Crippen LogP contribution in [0, 0.1) is 0 Å². The summed E-state index contributed by atoms with van der Waals surface area (Å²) in [4.78, 5) is 9.39. The molecule has 2 N–H and O–H groups in total. The molecule has 0 aromatic heterocycles. The lowest BCUT2D eigenvalue weighted by molar-refractivity contribution is 0.161. The molecule has 0 amide bonds. The van der Waals surface area contributed by atoms with Crippen molar-refractivity contribution in [2.24, 2.45) is 4.99 Å². The number of anilines is 1. The van der Waals surface area contributed by atoms with E-state index < -0.39 is 0 Å². The van der Waals surface area contributed by atoms with Crippen molar-refractivity contribution >= 4 is 23.2 Å². The summed E-state index contributed by atoms with van der Waals surface area (Å²) in [6.45, 7) is 8.53. The predicted molar refractivity (Wildman–Crippen MR) is 115 cm³/mol. The van der Waals surface area contributed by atoms with Crippen molar-refractivity contribution in [1.29, 1.82) is 0 Å². The van der Waals surface area contributed by atoms with Crippen molar-refractivity contribution in [3.63, 3.8) is 0 Å². The van der Waals surface area contributed by atoms with Gasteiger partial charge in [-0.3, -0.25) is 4.99 Å². The lowest BCUT2D eigenvalue weighted by Crippen LogP contribution is -2.44. The smallest absolute Gasteiger partial charge is 0.191 e. The standard InChI is InChI=1S/C20H34ClN5O/c1-4-22-20(23-10-6-11-25(2)13-14-27-3)24-18-9-12-26(16-18)19-8-5-7-17(21)15-19/h5,7-8,15,18H,4,6,9-14,16H2,1-3H3,(H2,22,23,24). The Morgan fingerprint density at radius 2 is 2.26 bits per heavy atom. The van der Waals surface area contributed by atoms with Gasteiger partial charge in [-0.15, -0.1) is 0 Å². The third kappa shape index (κ3) is 7.95. The van der Waals surface area contributed by atoms with Crippen LogP contribution in [0.2, 0.25) is 5.02 Å². The van der Waals surface area contributed by atoms with E-state index >= 15 is 0 Å². The Morgan fingerprint density at radius 3 is 3.00 bits per heavy atom. The van der Waals surface area contributed by atoms with Gasteiger partial charge in [0.15, 0.2) is 5.96 Å². The zero-order chi connectivity index (χ0) is 19.5. The quantitative estimate of drug-likeness (QED) is 0.362. The maximum absolute atomic E-state index is 6.12.